The predicted molar refractivity (Wildman–Crippen MR) is 86.0 cm³/mol. The van der Waals surface area contributed by atoms with Crippen LogP contribution in [0.5, 0.6) is 0 Å². The van der Waals surface area contributed by atoms with Gasteiger partial charge in [0.25, 0.3) is 10.1 Å². The molecule has 0 aromatic rings. The van der Waals surface area contributed by atoms with E-state index >= 15 is 0 Å². The quantitative estimate of drug-likeness (QED) is 0.254. The Bertz CT molecular complexity index is 384. The second kappa shape index (κ2) is 15.9. The maximum absolute atomic E-state index is 11.0. The summed E-state index contributed by atoms with van der Waals surface area (Å²) >= 11 is 0. The van der Waals surface area contributed by atoms with Crippen LogP contribution in [0.4, 0.5) is 0 Å². The molecule has 0 aliphatic rings. The van der Waals surface area contributed by atoms with Gasteiger partial charge in [-0.15, -0.1) is 0 Å². The molecule has 0 saturated heterocycles. The van der Waals surface area contributed by atoms with Crippen molar-refractivity contribution in [2.24, 2.45) is 0 Å². The van der Waals surface area contributed by atoms with E-state index in [2.05, 4.69) is 6.92 Å². The second-order valence-corrected chi connectivity index (χ2v) is 7.73. The molecule has 0 aliphatic heterocycles. The molecular formula is C16H31NaO5S. The van der Waals surface area contributed by atoms with Gasteiger partial charge in [0, 0.05) is 12.4 Å². The molecule has 0 aromatic heterocycles. The Morgan fingerprint density at radius 2 is 1.30 bits per heavy atom. The number of rotatable bonds is 15. The van der Waals surface area contributed by atoms with E-state index in [0.29, 0.717) is 6.42 Å². The summed E-state index contributed by atoms with van der Waals surface area (Å²) in [7, 11) is -4.29. The van der Waals surface area contributed by atoms with E-state index in [-0.39, 0.29) is 36.0 Å². The zero-order valence-corrected chi connectivity index (χ0v) is 17.6. The van der Waals surface area contributed by atoms with Crippen LogP contribution < -0.4 is 34.7 Å². The van der Waals surface area contributed by atoms with Crippen molar-refractivity contribution in [3.8, 4) is 0 Å². The summed E-state index contributed by atoms with van der Waals surface area (Å²) in [6.45, 7) is 2.21. The molecule has 0 fully saturated rings. The smallest absolute Gasteiger partial charge is 0.550 e. The zero-order valence-electron chi connectivity index (χ0n) is 14.8. The van der Waals surface area contributed by atoms with Crippen LogP contribution in [0.2, 0.25) is 0 Å². The molecule has 0 amide bonds. The summed E-state index contributed by atoms with van der Waals surface area (Å²) in [4.78, 5) is 10.5. The van der Waals surface area contributed by atoms with E-state index in [9.17, 15) is 18.3 Å². The molecule has 0 aromatic carbocycles. The van der Waals surface area contributed by atoms with E-state index in [1.54, 1.807) is 0 Å². The van der Waals surface area contributed by atoms with Gasteiger partial charge in [-0.25, -0.2) is 0 Å². The standard InChI is InChI=1S/C16H32O5S.Na/c1-2-3-4-5-6-7-8-9-10-11-12-13-15(14-16(17)18)22(19,20)21;/h15H,2-14H2,1H3,(H,17,18)(H,19,20,21);/q;+1/p-1. The number of hydrogen-bond acceptors (Lipinski definition) is 4. The molecule has 0 radical (unpaired) electrons. The van der Waals surface area contributed by atoms with Crippen molar-refractivity contribution in [3.63, 3.8) is 0 Å². The molecule has 1 N–H and O–H groups in total. The Labute approximate surface area is 163 Å². The van der Waals surface area contributed by atoms with Crippen molar-refractivity contribution < 1.29 is 52.4 Å². The summed E-state index contributed by atoms with van der Waals surface area (Å²) < 4.78 is 31.1. The van der Waals surface area contributed by atoms with Crippen molar-refractivity contribution in [3.05, 3.63) is 0 Å². The van der Waals surface area contributed by atoms with E-state index in [4.69, 9.17) is 4.55 Å². The number of carboxylic acids is 1. The molecule has 0 rings (SSSR count). The first kappa shape index (κ1) is 25.6. The van der Waals surface area contributed by atoms with Crippen LogP contribution in [0.15, 0.2) is 0 Å². The second-order valence-electron chi connectivity index (χ2n) is 6.04. The van der Waals surface area contributed by atoms with Crippen LogP contribution in [-0.4, -0.2) is 24.2 Å². The molecule has 0 spiro atoms. The SMILES string of the molecule is CCCCCCCCCCCCCC(CC(=O)[O-])S(=O)(=O)O.[Na+]. The van der Waals surface area contributed by atoms with Crippen molar-refractivity contribution in [2.45, 2.75) is 95.6 Å². The van der Waals surface area contributed by atoms with E-state index in [1.807, 2.05) is 0 Å². The molecule has 0 aliphatic carbocycles. The fourth-order valence-corrected chi connectivity index (χ4v) is 3.39. The van der Waals surface area contributed by atoms with Crippen LogP contribution >= 0.6 is 0 Å². The number of carbonyl (C=O) groups excluding carboxylic acids is 1. The van der Waals surface area contributed by atoms with Crippen LogP contribution in [0.25, 0.3) is 0 Å². The largest absolute Gasteiger partial charge is 1.00 e. The minimum Gasteiger partial charge on any atom is -0.550 e. The van der Waals surface area contributed by atoms with Crippen molar-refractivity contribution in [1.82, 2.24) is 0 Å². The number of hydrogen-bond donors (Lipinski definition) is 1. The van der Waals surface area contributed by atoms with Gasteiger partial charge in [-0.3, -0.25) is 4.55 Å². The molecule has 1 unspecified atom stereocenters. The molecule has 23 heavy (non-hydrogen) atoms. The van der Waals surface area contributed by atoms with Crippen LogP contribution in [-0.2, 0) is 14.9 Å². The van der Waals surface area contributed by atoms with Crippen molar-refractivity contribution in [1.29, 1.82) is 0 Å². The first-order chi connectivity index (χ1) is 10.4. The van der Waals surface area contributed by atoms with Gasteiger partial charge in [-0.05, 0) is 6.42 Å². The minimum absolute atomic E-state index is 0. The van der Waals surface area contributed by atoms with E-state index in [1.165, 1.54) is 44.9 Å². The van der Waals surface area contributed by atoms with Gasteiger partial charge in [0.05, 0.1) is 5.25 Å². The molecule has 1 atom stereocenters. The topological polar surface area (TPSA) is 94.5 Å². The molecule has 0 bridgehead atoms. The van der Waals surface area contributed by atoms with E-state index in [0.717, 1.165) is 19.3 Å². The summed E-state index contributed by atoms with van der Waals surface area (Å²) in [5, 5.41) is 9.25. The van der Waals surface area contributed by atoms with Crippen LogP contribution in [0, 0.1) is 0 Å². The number of aliphatic carboxylic acids is 1. The van der Waals surface area contributed by atoms with Crippen LogP contribution in [0.3, 0.4) is 0 Å². The Morgan fingerprint density at radius 1 is 0.913 bits per heavy atom. The monoisotopic (exact) mass is 358 g/mol. The first-order valence-corrected chi connectivity index (χ1v) is 10.0. The van der Waals surface area contributed by atoms with Crippen LogP contribution in [0.1, 0.15) is 90.4 Å². The molecule has 5 nitrogen and oxygen atoms in total. The Morgan fingerprint density at radius 3 is 1.65 bits per heavy atom. The van der Waals surface area contributed by atoms with Gasteiger partial charge in [0.1, 0.15) is 0 Å². The fraction of sp³-hybridized carbons (Fsp3) is 0.938. The Hall–Kier alpha value is 0.380. The average molecular weight is 358 g/mol. The summed E-state index contributed by atoms with van der Waals surface area (Å²) in [5.41, 5.74) is 0. The number of carbonyl (C=O) groups is 1. The van der Waals surface area contributed by atoms with Gasteiger partial charge in [-0.2, -0.15) is 8.42 Å². The van der Waals surface area contributed by atoms with Gasteiger partial charge in [0.2, 0.25) is 0 Å². The number of carboxylic acid groups (broad SMARTS) is 1. The van der Waals surface area contributed by atoms with Gasteiger partial charge < -0.3 is 9.90 Å². The van der Waals surface area contributed by atoms with Gasteiger partial charge in [-0.1, -0.05) is 77.6 Å². The third-order valence-corrected chi connectivity index (χ3v) is 5.19. The van der Waals surface area contributed by atoms with Gasteiger partial charge >= 0.3 is 29.6 Å². The van der Waals surface area contributed by atoms with Crippen molar-refractivity contribution in [2.75, 3.05) is 0 Å². The molecule has 0 saturated carbocycles. The molecule has 0 heterocycles. The average Bonchev–Trinajstić information content (AvgIpc) is 2.42. The Balaban J connectivity index is 0. The maximum atomic E-state index is 11.0. The fourth-order valence-electron chi connectivity index (χ4n) is 2.58. The Kier molecular flexibility index (Phi) is 17.7. The van der Waals surface area contributed by atoms with E-state index < -0.39 is 27.8 Å². The summed E-state index contributed by atoms with van der Waals surface area (Å²) in [6.07, 6.45) is 12.2. The number of unbranched alkanes of at least 4 members (excludes halogenated alkanes) is 10. The molecule has 132 valence electrons. The molecular weight excluding hydrogens is 327 g/mol. The minimum atomic E-state index is -4.29. The molecule has 7 heteroatoms. The third kappa shape index (κ3) is 17.0. The van der Waals surface area contributed by atoms with Crippen molar-refractivity contribution >= 4 is 16.1 Å². The predicted octanol–water partition coefficient (Wildman–Crippen LogP) is 0.0879. The maximum Gasteiger partial charge on any atom is 1.00 e. The normalized spacial score (nSPS) is 12.6. The zero-order chi connectivity index (χ0) is 16.8. The third-order valence-electron chi connectivity index (χ3n) is 3.95. The first-order valence-electron chi connectivity index (χ1n) is 8.54. The summed E-state index contributed by atoms with van der Waals surface area (Å²) in [6, 6.07) is 0. The van der Waals surface area contributed by atoms with Gasteiger partial charge in [0.15, 0.2) is 0 Å². The summed E-state index contributed by atoms with van der Waals surface area (Å²) in [5.74, 6) is -1.44.